The van der Waals surface area contributed by atoms with E-state index >= 15 is 0 Å². The molecular weight excluding hydrogens is 206 g/mol. The van der Waals surface area contributed by atoms with Crippen LogP contribution in [0.2, 0.25) is 0 Å². The molecule has 0 aliphatic heterocycles. The second-order valence-corrected chi connectivity index (χ2v) is 3.71. The van der Waals surface area contributed by atoms with Crippen LogP contribution in [0.3, 0.4) is 0 Å². The van der Waals surface area contributed by atoms with Crippen LogP contribution in [-0.2, 0) is 4.79 Å². The van der Waals surface area contributed by atoms with Gasteiger partial charge < -0.3 is 15.5 Å². The first kappa shape index (κ1) is 12.3. The molecule has 16 heavy (non-hydrogen) atoms. The summed E-state index contributed by atoms with van der Waals surface area (Å²) in [5.74, 6) is -0.0656. The number of hydrogen-bond acceptors (Lipinski definition) is 2. The van der Waals surface area contributed by atoms with Crippen molar-refractivity contribution in [3.05, 3.63) is 23.8 Å². The zero-order valence-corrected chi connectivity index (χ0v) is 9.62. The first-order chi connectivity index (χ1) is 7.61. The highest BCUT2D eigenvalue weighted by atomic mass is 16.2. The highest BCUT2D eigenvalue weighted by Gasteiger charge is 2.09. The zero-order valence-electron chi connectivity index (χ0n) is 9.62. The summed E-state index contributed by atoms with van der Waals surface area (Å²) in [5, 5.41) is 5.40. The highest BCUT2D eigenvalue weighted by Crippen LogP contribution is 2.09. The molecule has 0 saturated carbocycles. The molecule has 5 heteroatoms. The molecule has 88 valence electrons. The zero-order chi connectivity index (χ0) is 12.0. The van der Waals surface area contributed by atoms with E-state index in [1.807, 2.05) is 12.2 Å². The molecule has 1 aliphatic rings. The summed E-state index contributed by atoms with van der Waals surface area (Å²) in [7, 11) is 3.34. The molecule has 0 radical (unpaired) electrons. The van der Waals surface area contributed by atoms with Crippen LogP contribution in [-0.4, -0.2) is 44.0 Å². The molecule has 0 aromatic carbocycles. The fourth-order valence-electron chi connectivity index (χ4n) is 1.23. The Morgan fingerprint density at radius 1 is 1.31 bits per heavy atom. The molecule has 0 heterocycles. The van der Waals surface area contributed by atoms with Crippen molar-refractivity contribution in [1.29, 1.82) is 0 Å². The number of carbonyl (C=O) groups excluding carboxylic acids is 2. The van der Waals surface area contributed by atoms with Crippen molar-refractivity contribution in [2.24, 2.45) is 0 Å². The third kappa shape index (κ3) is 3.76. The van der Waals surface area contributed by atoms with Crippen molar-refractivity contribution in [1.82, 2.24) is 15.5 Å². The Bertz CT molecular complexity index is 332. The first-order valence-corrected chi connectivity index (χ1v) is 5.20. The van der Waals surface area contributed by atoms with Gasteiger partial charge in [-0.15, -0.1) is 0 Å². The van der Waals surface area contributed by atoms with Gasteiger partial charge >= 0.3 is 6.03 Å². The van der Waals surface area contributed by atoms with Crippen LogP contribution in [0.5, 0.6) is 0 Å². The number of carbonyl (C=O) groups is 2. The summed E-state index contributed by atoms with van der Waals surface area (Å²) in [6, 6.07) is -0.156. The third-order valence-corrected chi connectivity index (χ3v) is 2.16. The van der Waals surface area contributed by atoms with Crippen molar-refractivity contribution in [3.63, 3.8) is 0 Å². The van der Waals surface area contributed by atoms with E-state index in [-0.39, 0.29) is 11.9 Å². The van der Waals surface area contributed by atoms with E-state index in [4.69, 9.17) is 0 Å². The van der Waals surface area contributed by atoms with Crippen LogP contribution in [0.15, 0.2) is 23.8 Å². The van der Waals surface area contributed by atoms with Crippen LogP contribution < -0.4 is 10.6 Å². The Kier molecular flexibility index (Phi) is 4.57. The quantitative estimate of drug-likeness (QED) is 0.672. The second-order valence-electron chi connectivity index (χ2n) is 3.71. The maximum Gasteiger partial charge on any atom is 0.316 e. The van der Waals surface area contributed by atoms with Gasteiger partial charge in [-0.1, -0.05) is 18.2 Å². The molecule has 2 N–H and O–H groups in total. The standard InChI is InChI=1S/C11H17N3O2/c1-14(2)11(16)13-8-7-12-10(15)9-5-3-4-6-9/h3-5H,6-8H2,1-2H3,(H,12,15)(H,13,16). The van der Waals surface area contributed by atoms with Crippen molar-refractivity contribution in [2.75, 3.05) is 27.2 Å². The molecule has 1 rings (SSSR count). The third-order valence-electron chi connectivity index (χ3n) is 2.16. The predicted molar refractivity (Wildman–Crippen MR) is 61.9 cm³/mol. The summed E-state index contributed by atoms with van der Waals surface area (Å²) >= 11 is 0. The number of nitrogens with zero attached hydrogens (tertiary/aromatic N) is 1. The maximum absolute atomic E-state index is 11.5. The van der Waals surface area contributed by atoms with Gasteiger partial charge in [0.05, 0.1) is 0 Å². The lowest BCUT2D eigenvalue weighted by molar-refractivity contribution is -0.117. The summed E-state index contributed by atoms with van der Waals surface area (Å²) in [6.45, 7) is 0.874. The molecule has 3 amide bonds. The number of nitrogens with one attached hydrogen (secondary N) is 2. The van der Waals surface area contributed by atoms with Crippen LogP contribution in [0.1, 0.15) is 6.42 Å². The molecule has 0 saturated heterocycles. The van der Waals surface area contributed by atoms with E-state index in [0.717, 1.165) is 5.57 Å². The van der Waals surface area contributed by atoms with Crippen LogP contribution in [0.25, 0.3) is 0 Å². The summed E-state index contributed by atoms with van der Waals surface area (Å²) in [4.78, 5) is 24.1. The van der Waals surface area contributed by atoms with Gasteiger partial charge in [0.1, 0.15) is 0 Å². The van der Waals surface area contributed by atoms with Gasteiger partial charge in [-0.3, -0.25) is 4.79 Å². The Morgan fingerprint density at radius 3 is 2.56 bits per heavy atom. The maximum atomic E-state index is 11.5. The topological polar surface area (TPSA) is 61.4 Å². The Morgan fingerprint density at radius 2 is 2.00 bits per heavy atom. The van der Waals surface area contributed by atoms with E-state index in [1.54, 1.807) is 20.2 Å². The lowest BCUT2D eigenvalue weighted by Crippen LogP contribution is -2.39. The summed E-state index contributed by atoms with van der Waals surface area (Å²) in [5.41, 5.74) is 0.763. The van der Waals surface area contributed by atoms with E-state index in [1.165, 1.54) is 4.90 Å². The molecule has 0 spiro atoms. The lowest BCUT2D eigenvalue weighted by atomic mass is 10.2. The minimum absolute atomic E-state index is 0.0656. The minimum Gasteiger partial charge on any atom is -0.351 e. The van der Waals surface area contributed by atoms with Gasteiger partial charge in [0.15, 0.2) is 0 Å². The van der Waals surface area contributed by atoms with Gasteiger partial charge in [0.25, 0.3) is 0 Å². The Balaban J connectivity index is 2.12. The predicted octanol–water partition coefficient (Wildman–Crippen LogP) is 0.260. The fourth-order valence-corrected chi connectivity index (χ4v) is 1.23. The molecule has 0 unspecified atom stereocenters. The van der Waals surface area contributed by atoms with Crippen molar-refractivity contribution >= 4 is 11.9 Å². The van der Waals surface area contributed by atoms with Crippen LogP contribution in [0, 0.1) is 0 Å². The number of urea groups is 1. The van der Waals surface area contributed by atoms with Gasteiger partial charge in [-0.05, 0) is 6.42 Å². The molecule has 5 nitrogen and oxygen atoms in total. The SMILES string of the molecule is CN(C)C(=O)NCCNC(=O)C1=CC=CC1. The average Bonchev–Trinajstić information content (AvgIpc) is 2.76. The minimum atomic E-state index is -0.156. The van der Waals surface area contributed by atoms with Crippen molar-refractivity contribution in [2.45, 2.75) is 6.42 Å². The van der Waals surface area contributed by atoms with E-state index in [2.05, 4.69) is 10.6 Å². The van der Waals surface area contributed by atoms with Crippen LogP contribution in [0.4, 0.5) is 4.79 Å². The largest absolute Gasteiger partial charge is 0.351 e. The molecule has 1 aliphatic carbocycles. The molecule has 0 bridgehead atoms. The fraction of sp³-hybridized carbons (Fsp3) is 0.455. The van der Waals surface area contributed by atoms with Crippen molar-refractivity contribution in [3.8, 4) is 0 Å². The van der Waals surface area contributed by atoms with Gasteiger partial charge in [-0.2, -0.15) is 0 Å². The average molecular weight is 223 g/mol. The lowest BCUT2D eigenvalue weighted by Gasteiger charge is -2.12. The molecule has 0 aromatic heterocycles. The first-order valence-electron chi connectivity index (χ1n) is 5.20. The number of amides is 3. The molecule has 0 fully saturated rings. The van der Waals surface area contributed by atoms with E-state index in [0.29, 0.717) is 19.5 Å². The van der Waals surface area contributed by atoms with E-state index in [9.17, 15) is 9.59 Å². The van der Waals surface area contributed by atoms with Crippen LogP contribution >= 0.6 is 0 Å². The summed E-state index contributed by atoms with van der Waals surface area (Å²) < 4.78 is 0. The monoisotopic (exact) mass is 223 g/mol. The Labute approximate surface area is 95.2 Å². The Hall–Kier alpha value is -1.78. The van der Waals surface area contributed by atoms with Gasteiger partial charge in [0, 0.05) is 32.8 Å². The number of hydrogen-bond donors (Lipinski definition) is 2. The molecular formula is C11H17N3O2. The normalized spacial score (nSPS) is 13.2. The second kappa shape index (κ2) is 5.95. The van der Waals surface area contributed by atoms with Crippen molar-refractivity contribution < 1.29 is 9.59 Å². The smallest absolute Gasteiger partial charge is 0.316 e. The molecule has 0 atom stereocenters. The van der Waals surface area contributed by atoms with E-state index < -0.39 is 0 Å². The highest BCUT2D eigenvalue weighted by molar-refractivity contribution is 5.94. The van der Waals surface area contributed by atoms with Gasteiger partial charge in [0.2, 0.25) is 5.91 Å². The molecule has 0 aromatic rings. The summed E-state index contributed by atoms with van der Waals surface area (Å²) in [6.07, 6.45) is 6.29. The number of allylic oxidation sites excluding steroid dienone is 3. The van der Waals surface area contributed by atoms with Gasteiger partial charge in [-0.25, -0.2) is 4.79 Å². The number of rotatable bonds is 4.